The summed E-state index contributed by atoms with van der Waals surface area (Å²) in [6.45, 7) is 5.73. The number of hydrogen-bond acceptors (Lipinski definition) is 3. The highest BCUT2D eigenvalue weighted by atomic mass is 14.8. The monoisotopic (exact) mass is 237 g/mol. The zero-order chi connectivity index (χ0) is 13.3. The Kier molecular flexibility index (Phi) is 3.03. The first kappa shape index (κ1) is 12.1. The van der Waals surface area contributed by atoms with Crippen molar-refractivity contribution >= 4 is 5.69 Å². The van der Waals surface area contributed by atoms with Gasteiger partial charge in [-0.05, 0) is 26.3 Å². The molecular weight excluding hydrogens is 222 g/mol. The highest BCUT2D eigenvalue weighted by Crippen LogP contribution is 2.32. The molecule has 0 aliphatic heterocycles. The smallest absolute Gasteiger partial charge is 0.102 e. The third-order valence-electron chi connectivity index (χ3n) is 3.06. The van der Waals surface area contributed by atoms with Crippen molar-refractivity contribution in [2.24, 2.45) is 0 Å². The van der Waals surface area contributed by atoms with Gasteiger partial charge in [0.15, 0.2) is 0 Å². The maximum absolute atomic E-state index is 9.28. The molecule has 3 heteroatoms. The van der Waals surface area contributed by atoms with Crippen LogP contribution in [-0.4, -0.2) is 4.98 Å². The molecule has 0 fully saturated rings. The molecule has 90 valence electrons. The van der Waals surface area contributed by atoms with E-state index in [0.717, 1.165) is 22.5 Å². The second-order valence-corrected chi connectivity index (χ2v) is 4.42. The van der Waals surface area contributed by atoms with Crippen molar-refractivity contribution in [3.8, 4) is 17.2 Å². The lowest BCUT2D eigenvalue weighted by molar-refractivity contribution is 1.12. The molecule has 1 aromatic carbocycles. The minimum absolute atomic E-state index is 0.557. The summed E-state index contributed by atoms with van der Waals surface area (Å²) in [4.78, 5) is 4.30. The van der Waals surface area contributed by atoms with Crippen molar-refractivity contribution in [1.29, 1.82) is 5.26 Å². The fraction of sp³-hybridized carbons (Fsp3) is 0.200. The van der Waals surface area contributed by atoms with Gasteiger partial charge in [0.1, 0.15) is 6.07 Å². The zero-order valence-electron chi connectivity index (χ0n) is 10.8. The normalized spacial score (nSPS) is 10.1. The lowest BCUT2D eigenvalue weighted by Crippen LogP contribution is -2.02. The van der Waals surface area contributed by atoms with Gasteiger partial charge in [0.05, 0.1) is 22.6 Å². The van der Waals surface area contributed by atoms with Crippen LogP contribution >= 0.6 is 0 Å². The second-order valence-electron chi connectivity index (χ2n) is 4.42. The molecule has 2 rings (SSSR count). The van der Waals surface area contributed by atoms with Crippen LogP contribution in [-0.2, 0) is 0 Å². The highest BCUT2D eigenvalue weighted by molar-refractivity contribution is 5.83. The third-order valence-corrected chi connectivity index (χ3v) is 3.06. The Labute approximate surface area is 107 Å². The second kappa shape index (κ2) is 4.50. The van der Waals surface area contributed by atoms with E-state index in [2.05, 4.69) is 11.1 Å². The van der Waals surface area contributed by atoms with Crippen molar-refractivity contribution < 1.29 is 0 Å². The molecule has 0 bridgehead atoms. The van der Waals surface area contributed by atoms with Crippen LogP contribution in [0.1, 0.15) is 22.5 Å². The number of benzene rings is 1. The Hall–Kier alpha value is -2.34. The summed E-state index contributed by atoms with van der Waals surface area (Å²) in [6, 6.07) is 10.2. The number of aromatic nitrogens is 1. The number of nitrogen functional groups attached to an aromatic ring is 1. The minimum Gasteiger partial charge on any atom is -0.397 e. The SMILES string of the molecule is Cc1ccc(-c2c(N)c(C)nc(C)c2C#N)cc1. The number of rotatable bonds is 1. The molecule has 0 saturated carbocycles. The largest absolute Gasteiger partial charge is 0.397 e. The number of nitriles is 1. The number of hydrogen-bond donors (Lipinski definition) is 1. The predicted molar refractivity (Wildman–Crippen MR) is 73.0 cm³/mol. The Balaban J connectivity index is 2.77. The molecule has 0 aliphatic carbocycles. The number of aryl methyl sites for hydroxylation is 3. The van der Waals surface area contributed by atoms with Gasteiger partial charge in [-0.15, -0.1) is 0 Å². The van der Waals surface area contributed by atoms with Gasteiger partial charge in [0.25, 0.3) is 0 Å². The first-order chi connectivity index (χ1) is 8.54. The molecule has 0 spiro atoms. The molecule has 0 unspecified atom stereocenters. The molecule has 2 aromatic rings. The summed E-state index contributed by atoms with van der Waals surface area (Å²) in [5.74, 6) is 0. The molecule has 0 radical (unpaired) electrons. The van der Waals surface area contributed by atoms with Crippen molar-refractivity contribution in [2.45, 2.75) is 20.8 Å². The molecule has 1 heterocycles. The Morgan fingerprint density at radius 1 is 1.06 bits per heavy atom. The molecule has 18 heavy (non-hydrogen) atoms. The lowest BCUT2D eigenvalue weighted by atomic mass is 9.96. The van der Waals surface area contributed by atoms with Crippen LogP contribution in [0.25, 0.3) is 11.1 Å². The van der Waals surface area contributed by atoms with E-state index in [4.69, 9.17) is 5.73 Å². The van der Waals surface area contributed by atoms with Crippen molar-refractivity contribution in [3.63, 3.8) is 0 Å². The Morgan fingerprint density at radius 2 is 1.67 bits per heavy atom. The van der Waals surface area contributed by atoms with E-state index in [1.165, 1.54) is 5.56 Å². The highest BCUT2D eigenvalue weighted by Gasteiger charge is 2.15. The van der Waals surface area contributed by atoms with Gasteiger partial charge < -0.3 is 5.73 Å². The van der Waals surface area contributed by atoms with Crippen LogP contribution < -0.4 is 5.73 Å². The van der Waals surface area contributed by atoms with Gasteiger partial charge in [-0.25, -0.2) is 0 Å². The standard InChI is InChI=1S/C15H15N3/c1-9-4-6-12(7-5-9)14-13(8-16)10(2)18-11(3)15(14)17/h4-7H,17H2,1-3H3. The first-order valence-corrected chi connectivity index (χ1v) is 5.78. The van der Waals surface area contributed by atoms with E-state index in [0.29, 0.717) is 11.3 Å². The average molecular weight is 237 g/mol. The predicted octanol–water partition coefficient (Wildman–Crippen LogP) is 3.13. The van der Waals surface area contributed by atoms with Crippen LogP contribution in [0.2, 0.25) is 0 Å². The summed E-state index contributed by atoms with van der Waals surface area (Å²) in [5, 5.41) is 9.28. The van der Waals surface area contributed by atoms with E-state index >= 15 is 0 Å². The number of nitrogens with zero attached hydrogens (tertiary/aromatic N) is 2. The van der Waals surface area contributed by atoms with E-state index in [1.54, 1.807) is 0 Å². The van der Waals surface area contributed by atoms with E-state index in [9.17, 15) is 5.26 Å². The molecule has 0 atom stereocenters. The van der Waals surface area contributed by atoms with Gasteiger partial charge in [-0.3, -0.25) is 4.98 Å². The lowest BCUT2D eigenvalue weighted by Gasteiger charge is -2.12. The molecular formula is C15H15N3. The van der Waals surface area contributed by atoms with E-state index in [-0.39, 0.29) is 0 Å². The summed E-state index contributed by atoms with van der Waals surface area (Å²) in [7, 11) is 0. The van der Waals surface area contributed by atoms with Gasteiger partial charge in [-0.1, -0.05) is 29.8 Å². The fourth-order valence-corrected chi connectivity index (χ4v) is 2.02. The minimum atomic E-state index is 0.557. The van der Waals surface area contributed by atoms with E-state index in [1.807, 2.05) is 45.0 Å². The van der Waals surface area contributed by atoms with Crippen LogP contribution in [0.15, 0.2) is 24.3 Å². The maximum atomic E-state index is 9.28. The molecule has 2 N–H and O–H groups in total. The molecule has 1 aromatic heterocycles. The van der Waals surface area contributed by atoms with Crippen LogP contribution in [0.5, 0.6) is 0 Å². The summed E-state index contributed by atoms with van der Waals surface area (Å²) < 4.78 is 0. The Morgan fingerprint density at radius 3 is 2.22 bits per heavy atom. The average Bonchev–Trinajstić information content (AvgIpc) is 2.35. The van der Waals surface area contributed by atoms with Crippen molar-refractivity contribution in [1.82, 2.24) is 4.98 Å². The maximum Gasteiger partial charge on any atom is 0.102 e. The topological polar surface area (TPSA) is 62.7 Å². The van der Waals surface area contributed by atoms with Crippen LogP contribution in [0.4, 0.5) is 5.69 Å². The molecule has 0 aliphatic rings. The van der Waals surface area contributed by atoms with Gasteiger partial charge >= 0.3 is 0 Å². The summed E-state index contributed by atoms with van der Waals surface area (Å²) in [5.41, 5.74) is 11.6. The van der Waals surface area contributed by atoms with Crippen LogP contribution in [0, 0.1) is 32.1 Å². The zero-order valence-corrected chi connectivity index (χ0v) is 10.8. The van der Waals surface area contributed by atoms with Gasteiger partial charge in [0.2, 0.25) is 0 Å². The summed E-state index contributed by atoms with van der Waals surface area (Å²) in [6.07, 6.45) is 0. The molecule has 0 saturated heterocycles. The Bertz CT molecular complexity index is 634. The van der Waals surface area contributed by atoms with Crippen LogP contribution in [0.3, 0.4) is 0 Å². The molecule has 0 amide bonds. The van der Waals surface area contributed by atoms with Gasteiger partial charge in [-0.2, -0.15) is 5.26 Å². The van der Waals surface area contributed by atoms with Crippen molar-refractivity contribution in [2.75, 3.05) is 5.73 Å². The van der Waals surface area contributed by atoms with Crippen molar-refractivity contribution in [3.05, 3.63) is 46.8 Å². The summed E-state index contributed by atoms with van der Waals surface area (Å²) >= 11 is 0. The first-order valence-electron chi connectivity index (χ1n) is 5.78. The molecule has 3 nitrogen and oxygen atoms in total. The van der Waals surface area contributed by atoms with E-state index < -0.39 is 0 Å². The number of pyridine rings is 1. The third kappa shape index (κ3) is 1.93. The van der Waals surface area contributed by atoms with Gasteiger partial charge in [0, 0.05) is 5.56 Å². The fourth-order valence-electron chi connectivity index (χ4n) is 2.02. The number of nitrogens with two attached hydrogens (primary N) is 1. The number of anilines is 1. The quantitative estimate of drug-likeness (QED) is 0.828.